The van der Waals surface area contributed by atoms with Gasteiger partial charge in [0.2, 0.25) is 0 Å². The molecule has 0 saturated heterocycles. The summed E-state index contributed by atoms with van der Waals surface area (Å²) >= 11 is 3.91. The zero-order valence-corrected chi connectivity index (χ0v) is 6.00. The first kappa shape index (κ1) is 6.53. The summed E-state index contributed by atoms with van der Waals surface area (Å²) in [5.74, 6) is 0. The third kappa shape index (κ3) is 4.53. The van der Waals surface area contributed by atoms with Crippen LogP contribution in [0.15, 0.2) is 0 Å². The van der Waals surface area contributed by atoms with E-state index in [1.807, 2.05) is 13.1 Å². The second kappa shape index (κ2) is 2.00. The first-order valence-corrected chi connectivity index (χ1v) is 5.68. The van der Waals surface area contributed by atoms with E-state index in [-0.39, 0.29) is 0 Å². The number of thiol groups is 1. The number of hydrogen-bond acceptors (Lipinski definition) is 2. The van der Waals surface area contributed by atoms with E-state index in [2.05, 4.69) is 12.6 Å². The lowest BCUT2D eigenvalue weighted by Crippen LogP contribution is -2.27. The zero-order chi connectivity index (χ0) is 5.21. The lowest BCUT2D eigenvalue weighted by Gasteiger charge is -2.06. The number of rotatable bonds is 1. The Hall–Kier alpha value is 0.527. The van der Waals surface area contributed by atoms with Gasteiger partial charge >= 0.3 is 0 Å². The molecule has 6 heavy (non-hydrogen) atoms. The second-order valence-corrected chi connectivity index (χ2v) is 6.86. The molecule has 0 saturated carbocycles. The molecule has 0 unspecified atom stereocenters. The average molecular weight is 122 g/mol. The fourth-order valence-electron chi connectivity index (χ4n) is 0. The van der Waals surface area contributed by atoms with Crippen molar-refractivity contribution in [2.75, 3.05) is 5.38 Å². The Balaban J connectivity index is 3.17. The highest BCUT2D eigenvalue weighted by atomic mass is 32.1. The molecule has 0 rings (SSSR count). The smallest absolute Gasteiger partial charge is 0.192 e. The molecule has 0 spiro atoms. The minimum Gasteiger partial charge on any atom is -0.431 e. The van der Waals surface area contributed by atoms with Gasteiger partial charge in [-0.05, 0) is 13.1 Å². The lowest BCUT2D eigenvalue weighted by atomic mass is 11.8. The third-order valence-electron chi connectivity index (χ3n) is 0.387. The van der Waals surface area contributed by atoms with Gasteiger partial charge in [-0.15, -0.1) is 0 Å². The van der Waals surface area contributed by atoms with Crippen molar-refractivity contribution in [2.24, 2.45) is 0 Å². The van der Waals surface area contributed by atoms with Crippen molar-refractivity contribution in [1.29, 1.82) is 0 Å². The van der Waals surface area contributed by atoms with Gasteiger partial charge in [0.05, 0.1) is 0 Å². The lowest BCUT2D eigenvalue weighted by molar-refractivity contribution is 0.559. The first-order chi connectivity index (χ1) is 2.56. The van der Waals surface area contributed by atoms with Crippen molar-refractivity contribution >= 4 is 20.9 Å². The largest absolute Gasteiger partial charge is 0.431 e. The van der Waals surface area contributed by atoms with Crippen LogP contribution in [0.3, 0.4) is 0 Å². The SMILES string of the molecule is C[Si](C)(O)CS. The fraction of sp³-hybridized carbons (Fsp3) is 1.00. The minimum atomic E-state index is -1.77. The van der Waals surface area contributed by atoms with Crippen molar-refractivity contribution < 1.29 is 4.80 Å². The maximum atomic E-state index is 8.89. The fourth-order valence-corrected chi connectivity index (χ4v) is 0. The van der Waals surface area contributed by atoms with E-state index in [0.717, 1.165) is 0 Å². The van der Waals surface area contributed by atoms with Crippen LogP contribution >= 0.6 is 12.6 Å². The Morgan fingerprint density at radius 1 is 1.67 bits per heavy atom. The van der Waals surface area contributed by atoms with Gasteiger partial charge in [-0.25, -0.2) is 0 Å². The van der Waals surface area contributed by atoms with Gasteiger partial charge in [-0.2, -0.15) is 12.6 Å². The summed E-state index contributed by atoms with van der Waals surface area (Å²) in [6.07, 6.45) is 0. The van der Waals surface area contributed by atoms with E-state index in [9.17, 15) is 0 Å². The Bertz CT molecular complexity index is 40.5. The molecule has 0 aliphatic heterocycles. The highest BCUT2D eigenvalue weighted by Gasteiger charge is 2.11. The summed E-state index contributed by atoms with van der Waals surface area (Å²) < 4.78 is 0. The normalized spacial score (nSPS) is 12.0. The van der Waals surface area contributed by atoms with Gasteiger partial charge in [0.25, 0.3) is 0 Å². The molecule has 0 aromatic carbocycles. The van der Waals surface area contributed by atoms with Gasteiger partial charge in [0.15, 0.2) is 8.32 Å². The highest BCUT2D eigenvalue weighted by Crippen LogP contribution is 1.95. The first-order valence-electron chi connectivity index (χ1n) is 1.89. The Labute approximate surface area is 44.9 Å². The van der Waals surface area contributed by atoms with Crippen LogP contribution in [-0.4, -0.2) is 18.5 Å². The third-order valence-corrected chi connectivity index (χ3v) is 3.48. The molecular formula is C3H10OSSi. The Morgan fingerprint density at radius 3 is 1.83 bits per heavy atom. The van der Waals surface area contributed by atoms with E-state index in [0.29, 0.717) is 5.38 Å². The summed E-state index contributed by atoms with van der Waals surface area (Å²) in [4.78, 5) is 8.89. The van der Waals surface area contributed by atoms with Crippen LogP contribution in [0.5, 0.6) is 0 Å². The molecule has 1 N–H and O–H groups in total. The van der Waals surface area contributed by atoms with E-state index in [4.69, 9.17) is 4.80 Å². The molecule has 3 heteroatoms. The van der Waals surface area contributed by atoms with Crippen molar-refractivity contribution in [1.82, 2.24) is 0 Å². The molecule has 0 aromatic rings. The Morgan fingerprint density at radius 2 is 1.83 bits per heavy atom. The van der Waals surface area contributed by atoms with Gasteiger partial charge in [-0.1, -0.05) is 0 Å². The van der Waals surface area contributed by atoms with Crippen LogP contribution in [0.2, 0.25) is 13.1 Å². The summed E-state index contributed by atoms with van der Waals surface area (Å²) in [5, 5.41) is 0.660. The molecule has 1 nitrogen and oxygen atoms in total. The van der Waals surface area contributed by atoms with E-state index < -0.39 is 8.32 Å². The van der Waals surface area contributed by atoms with E-state index in [1.54, 1.807) is 0 Å². The van der Waals surface area contributed by atoms with Crippen molar-refractivity contribution in [3.8, 4) is 0 Å². The minimum absolute atomic E-state index is 0.660. The highest BCUT2D eigenvalue weighted by molar-refractivity contribution is 7.82. The number of hydrogen-bond donors (Lipinski definition) is 2. The molecule has 0 radical (unpaired) electrons. The molecule has 38 valence electrons. The second-order valence-electron chi connectivity index (χ2n) is 1.97. The van der Waals surface area contributed by atoms with Crippen molar-refractivity contribution in [3.63, 3.8) is 0 Å². The molecule has 0 atom stereocenters. The molecule has 0 fully saturated rings. The predicted octanol–water partition coefficient (Wildman–Crippen LogP) is 0.653. The predicted molar refractivity (Wildman–Crippen MR) is 33.6 cm³/mol. The molecule has 0 heterocycles. The van der Waals surface area contributed by atoms with Crippen molar-refractivity contribution in [2.45, 2.75) is 13.1 Å². The maximum Gasteiger partial charge on any atom is 0.192 e. The molecule has 0 bridgehead atoms. The summed E-state index contributed by atoms with van der Waals surface area (Å²) in [6, 6.07) is 0. The van der Waals surface area contributed by atoms with E-state index in [1.165, 1.54) is 0 Å². The Kier molecular flexibility index (Phi) is 2.17. The molecule has 0 aromatic heterocycles. The van der Waals surface area contributed by atoms with Crippen LogP contribution in [0.4, 0.5) is 0 Å². The van der Waals surface area contributed by atoms with Crippen LogP contribution in [0.25, 0.3) is 0 Å². The zero-order valence-electron chi connectivity index (χ0n) is 4.10. The standard InChI is InChI=1S/C3H10OSSi/c1-6(2,4)3-5/h4-5H,3H2,1-2H3. The maximum absolute atomic E-state index is 8.89. The monoisotopic (exact) mass is 122 g/mol. The topological polar surface area (TPSA) is 20.2 Å². The van der Waals surface area contributed by atoms with Crippen molar-refractivity contribution in [3.05, 3.63) is 0 Å². The van der Waals surface area contributed by atoms with Gasteiger partial charge in [0, 0.05) is 5.38 Å². The molecular weight excluding hydrogens is 112 g/mol. The van der Waals surface area contributed by atoms with Gasteiger partial charge < -0.3 is 4.80 Å². The average Bonchev–Trinajstić information content (AvgIpc) is 1.35. The summed E-state index contributed by atoms with van der Waals surface area (Å²) in [6.45, 7) is 3.72. The summed E-state index contributed by atoms with van der Waals surface area (Å²) in [7, 11) is -1.77. The van der Waals surface area contributed by atoms with Crippen LogP contribution in [0.1, 0.15) is 0 Å². The van der Waals surface area contributed by atoms with Crippen LogP contribution in [-0.2, 0) is 0 Å². The molecule has 0 aliphatic rings. The van der Waals surface area contributed by atoms with Crippen LogP contribution in [0, 0.1) is 0 Å². The quantitative estimate of drug-likeness (QED) is 0.386. The van der Waals surface area contributed by atoms with Crippen LogP contribution < -0.4 is 0 Å². The summed E-state index contributed by atoms with van der Waals surface area (Å²) in [5.41, 5.74) is 0. The molecule has 0 amide bonds. The van der Waals surface area contributed by atoms with E-state index >= 15 is 0 Å². The van der Waals surface area contributed by atoms with Gasteiger partial charge in [-0.3, -0.25) is 0 Å². The van der Waals surface area contributed by atoms with Gasteiger partial charge in [0.1, 0.15) is 0 Å². The molecule has 0 aliphatic carbocycles.